The molecule has 1 aromatic heterocycles. The molecular formula is C13H16F2N4. The van der Waals surface area contributed by atoms with E-state index in [0.29, 0.717) is 6.54 Å². The Morgan fingerprint density at radius 3 is 2.68 bits per heavy atom. The van der Waals surface area contributed by atoms with Crippen LogP contribution >= 0.6 is 0 Å². The highest BCUT2D eigenvalue weighted by atomic mass is 19.1. The van der Waals surface area contributed by atoms with Crippen molar-refractivity contribution in [3.8, 4) is 0 Å². The predicted octanol–water partition coefficient (Wildman–Crippen LogP) is 2.38. The summed E-state index contributed by atoms with van der Waals surface area (Å²) in [6.07, 6.45) is 1.71. The maximum absolute atomic E-state index is 13.4. The molecule has 0 aliphatic carbocycles. The van der Waals surface area contributed by atoms with Crippen LogP contribution in [0.1, 0.15) is 5.69 Å². The highest BCUT2D eigenvalue weighted by Crippen LogP contribution is 2.17. The monoisotopic (exact) mass is 266 g/mol. The van der Waals surface area contributed by atoms with Crippen LogP contribution in [0.5, 0.6) is 0 Å². The fraction of sp³-hybridized carbons (Fsp3) is 0.308. The summed E-state index contributed by atoms with van der Waals surface area (Å²) in [5, 5.41) is 2.87. The van der Waals surface area contributed by atoms with Crippen molar-refractivity contribution < 1.29 is 8.78 Å². The Bertz CT molecular complexity index is 578. The summed E-state index contributed by atoms with van der Waals surface area (Å²) in [6.45, 7) is 0.373. The number of nitrogens with zero attached hydrogens (tertiary/aromatic N) is 3. The SMILES string of the molecule is CN(C)c1ncc(CNc2cc(F)ccc2F)n1C. The maximum atomic E-state index is 13.4. The van der Waals surface area contributed by atoms with Gasteiger partial charge in [0, 0.05) is 21.1 Å². The van der Waals surface area contributed by atoms with Gasteiger partial charge in [-0.25, -0.2) is 13.8 Å². The lowest BCUT2D eigenvalue weighted by Crippen LogP contribution is -2.15. The normalized spacial score (nSPS) is 10.6. The van der Waals surface area contributed by atoms with Crippen LogP contribution in [0.15, 0.2) is 24.4 Å². The highest BCUT2D eigenvalue weighted by molar-refractivity contribution is 5.45. The number of aromatic nitrogens is 2. The van der Waals surface area contributed by atoms with Crippen molar-refractivity contribution in [1.82, 2.24) is 9.55 Å². The summed E-state index contributed by atoms with van der Waals surface area (Å²) in [6, 6.07) is 3.33. The molecule has 0 amide bonds. The van der Waals surface area contributed by atoms with Crippen LogP contribution in [0.3, 0.4) is 0 Å². The predicted molar refractivity (Wildman–Crippen MR) is 71.2 cm³/mol. The third kappa shape index (κ3) is 2.83. The van der Waals surface area contributed by atoms with Gasteiger partial charge in [0.05, 0.1) is 24.1 Å². The van der Waals surface area contributed by atoms with Crippen molar-refractivity contribution in [3.63, 3.8) is 0 Å². The molecule has 2 rings (SSSR count). The molecule has 0 fully saturated rings. The first kappa shape index (κ1) is 13.3. The van der Waals surface area contributed by atoms with Gasteiger partial charge in [-0.2, -0.15) is 0 Å². The van der Waals surface area contributed by atoms with Gasteiger partial charge in [-0.3, -0.25) is 0 Å². The number of halogens is 2. The number of nitrogens with one attached hydrogen (secondary N) is 1. The third-order valence-corrected chi connectivity index (χ3v) is 2.85. The molecule has 0 aliphatic heterocycles. The zero-order valence-electron chi connectivity index (χ0n) is 11.1. The van der Waals surface area contributed by atoms with Crippen molar-refractivity contribution in [3.05, 3.63) is 41.7 Å². The summed E-state index contributed by atoms with van der Waals surface area (Å²) in [5.41, 5.74) is 1.03. The van der Waals surface area contributed by atoms with E-state index in [9.17, 15) is 8.78 Å². The van der Waals surface area contributed by atoms with E-state index in [4.69, 9.17) is 0 Å². The Hall–Kier alpha value is -2.11. The van der Waals surface area contributed by atoms with E-state index in [1.807, 2.05) is 30.6 Å². The largest absolute Gasteiger partial charge is 0.377 e. The van der Waals surface area contributed by atoms with Crippen molar-refractivity contribution in [2.75, 3.05) is 24.3 Å². The number of anilines is 2. The minimum atomic E-state index is -0.476. The van der Waals surface area contributed by atoms with Gasteiger partial charge in [-0.15, -0.1) is 0 Å². The van der Waals surface area contributed by atoms with E-state index < -0.39 is 11.6 Å². The van der Waals surface area contributed by atoms with E-state index in [0.717, 1.165) is 29.8 Å². The molecule has 19 heavy (non-hydrogen) atoms. The Morgan fingerprint density at radius 2 is 2.05 bits per heavy atom. The first-order chi connectivity index (χ1) is 8.99. The Kier molecular flexibility index (Phi) is 3.69. The lowest BCUT2D eigenvalue weighted by Gasteiger charge is -2.13. The zero-order chi connectivity index (χ0) is 14.0. The second kappa shape index (κ2) is 5.26. The molecule has 0 spiro atoms. The summed E-state index contributed by atoms with van der Waals surface area (Å²) >= 11 is 0. The molecule has 6 heteroatoms. The molecule has 0 bridgehead atoms. The van der Waals surface area contributed by atoms with Gasteiger partial charge in [-0.05, 0) is 18.2 Å². The van der Waals surface area contributed by atoms with E-state index in [1.165, 1.54) is 0 Å². The van der Waals surface area contributed by atoms with Gasteiger partial charge in [0.25, 0.3) is 0 Å². The molecule has 1 N–H and O–H groups in total. The van der Waals surface area contributed by atoms with Gasteiger partial charge in [0.1, 0.15) is 11.6 Å². The summed E-state index contributed by atoms with van der Waals surface area (Å²) in [5.74, 6) is -0.143. The molecule has 1 heterocycles. The van der Waals surface area contributed by atoms with Crippen LogP contribution in [-0.4, -0.2) is 23.6 Å². The van der Waals surface area contributed by atoms with Crippen LogP contribution in [-0.2, 0) is 13.6 Å². The van der Waals surface area contributed by atoms with E-state index in [-0.39, 0.29) is 5.69 Å². The molecule has 0 saturated carbocycles. The van der Waals surface area contributed by atoms with Gasteiger partial charge < -0.3 is 14.8 Å². The number of benzene rings is 1. The number of hydrogen-bond acceptors (Lipinski definition) is 3. The molecule has 0 unspecified atom stereocenters. The second-order valence-electron chi connectivity index (χ2n) is 4.48. The fourth-order valence-electron chi connectivity index (χ4n) is 1.83. The van der Waals surface area contributed by atoms with Gasteiger partial charge in [0.15, 0.2) is 0 Å². The third-order valence-electron chi connectivity index (χ3n) is 2.85. The minimum absolute atomic E-state index is 0.146. The lowest BCUT2D eigenvalue weighted by molar-refractivity contribution is 0.602. The van der Waals surface area contributed by atoms with Crippen molar-refractivity contribution in [2.24, 2.45) is 7.05 Å². The molecule has 4 nitrogen and oxygen atoms in total. The molecule has 2 aromatic rings. The lowest BCUT2D eigenvalue weighted by atomic mass is 10.3. The first-order valence-corrected chi connectivity index (χ1v) is 5.86. The standard InChI is InChI=1S/C13H16F2N4/c1-18(2)13-17-8-10(19(13)3)7-16-12-6-9(14)4-5-11(12)15/h4-6,8,16H,7H2,1-3H3. The van der Waals surface area contributed by atoms with E-state index in [1.54, 1.807) is 6.20 Å². The zero-order valence-corrected chi connectivity index (χ0v) is 11.1. The fourth-order valence-corrected chi connectivity index (χ4v) is 1.83. The minimum Gasteiger partial charge on any atom is -0.377 e. The van der Waals surface area contributed by atoms with Crippen LogP contribution in [0, 0.1) is 11.6 Å². The number of hydrogen-bond donors (Lipinski definition) is 1. The van der Waals surface area contributed by atoms with Crippen molar-refractivity contribution in [2.45, 2.75) is 6.54 Å². The number of rotatable bonds is 4. The summed E-state index contributed by atoms with van der Waals surface area (Å²) in [4.78, 5) is 6.13. The average molecular weight is 266 g/mol. The molecule has 0 aliphatic rings. The van der Waals surface area contributed by atoms with Gasteiger partial charge in [-0.1, -0.05) is 0 Å². The van der Waals surface area contributed by atoms with Gasteiger partial charge >= 0.3 is 0 Å². The highest BCUT2D eigenvalue weighted by Gasteiger charge is 2.09. The quantitative estimate of drug-likeness (QED) is 0.922. The maximum Gasteiger partial charge on any atom is 0.204 e. The smallest absolute Gasteiger partial charge is 0.204 e. The van der Waals surface area contributed by atoms with Crippen LogP contribution in [0.2, 0.25) is 0 Å². The van der Waals surface area contributed by atoms with Crippen LogP contribution < -0.4 is 10.2 Å². The molecule has 0 atom stereocenters. The van der Waals surface area contributed by atoms with E-state index >= 15 is 0 Å². The summed E-state index contributed by atoms with van der Waals surface area (Å²) < 4.78 is 28.4. The van der Waals surface area contributed by atoms with Crippen LogP contribution in [0.25, 0.3) is 0 Å². The number of imidazole rings is 1. The molecule has 1 aromatic carbocycles. The van der Waals surface area contributed by atoms with Crippen molar-refractivity contribution in [1.29, 1.82) is 0 Å². The first-order valence-electron chi connectivity index (χ1n) is 5.86. The Balaban J connectivity index is 2.12. The average Bonchev–Trinajstić information content (AvgIpc) is 2.72. The second-order valence-corrected chi connectivity index (χ2v) is 4.48. The summed E-state index contributed by atoms with van der Waals surface area (Å²) in [7, 11) is 5.67. The van der Waals surface area contributed by atoms with E-state index in [2.05, 4.69) is 10.3 Å². The molecule has 0 radical (unpaired) electrons. The topological polar surface area (TPSA) is 33.1 Å². The molecule has 0 saturated heterocycles. The Morgan fingerprint density at radius 1 is 1.32 bits per heavy atom. The molecular weight excluding hydrogens is 250 g/mol. The Labute approximate surface area is 110 Å². The van der Waals surface area contributed by atoms with Crippen molar-refractivity contribution >= 4 is 11.6 Å². The molecule has 102 valence electrons. The van der Waals surface area contributed by atoms with Crippen LogP contribution in [0.4, 0.5) is 20.4 Å². The van der Waals surface area contributed by atoms with Gasteiger partial charge in [0.2, 0.25) is 5.95 Å².